The molecule has 1 aromatic rings. The molecule has 0 spiro atoms. The monoisotopic (exact) mass is 235 g/mol. The third kappa shape index (κ3) is 3.88. The predicted octanol–water partition coefficient (Wildman–Crippen LogP) is 4.29. The van der Waals surface area contributed by atoms with Gasteiger partial charge in [0.15, 0.2) is 0 Å². The molecule has 1 fully saturated rings. The molecule has 1 N–H and O–H groups in total. The average Bonchev–Trinajstić information content (AvgIpc) is 2.89. The van der Waals surface area contributed by atoms with E-state index in [1.807, 2.05) is 6.26 Å². The molecular weight excluding hydrogens is 210 g/mol. The van der Waals surface area contributed by atoms with E-state index in [1.54, 1.807) is 6.26 Å². The van der Waals surface area contributed by atoms with Crippen molar-refractivity contribution in [1.82, 2.24) is 5.32 Å². The molecule has 1 aliphatic rings. The standard InChI is InChI=1S/C15H25NO/c1-2-16-15(14-10-11-17-12-14)9-8-13-6-4-3-5-7-13/h10-13,15-16H,2-9H2,1H3. The van der Waals surface area contributed by atoms with E-state index < -0.39 is 0 Å². The number of rotatable bonds is 6. The van der Waals surface area contributed by atoms with Gasteiger partial charge >= 0.3 is 0 Å². The SMILES string of the molecule is CCNC(CCC1CCCCC1)c1ccoc1. The summed E-state index contributed by atoms with van der Waals surface area (Å²) in [4.78, 5) is 0. The Bertz CT molecular complexity index is 288. The van der Waals surface area contributed by atoms with Crippen molar-refractivity contribution in [2.24, 2.45) is 5.92 Å². The third-order valence-corrected chi connectivity index (χ3v) is 3.98. The molecule has 1 aromatic heterocycles. The van der Waals surface area contributed by atoms with E-state index in [9.17, 15) is 0 Å². The Kier molecular flexibility index (Phi) is 5.11. The molecule has 0 saturated heterocycles. The summed E-state index contributed by atoms with van der Waals surface area (Å²) in [7, 11) is 0. The van der Waals surface area contributed by atoms with E-state index in [0.29, 0.717) is 6.04 Å². The number of hydrogen-bond acceptors (Lipinski definition) is 2. The maximum absolute atomic E-state index is 5.19. The maximum atomic E-state index is 5.19. The topological polar surface area (TPSA) is 25.2 Å². The molecule has 0 amide bonds. The summed E-state index contributed by atoms with van der Waals surface area (Å²) in [6, 6.07) is 2.58. The Labute approximate surface area is 105 Å². The van der Waals surface area contributed by atoms with Crippen molar-refractivity contribution >= 4 is 0 Å². The summed E-state index contributed by atoms with van der Waals surface area (Å²) in [5.74, 6) is 0.969. The van der Waals surface area contributed by atoms with Crippen LogP contribution < -0.4 is 5.32 Å². The fraction of sp³-hybridized carbons (Fsp3) is 0.733. The lowest BCUT2D eigenvalue weighted by molar-refractivity contribution is 0.315. The highest BCUT2D eigenvalue weighted by Gasteiger charge is 2.17. The zero-order valence-electron chi connectivity index (χ0n) is 11.0. The van der Waals surface area contributed by atoms with Crippen LogP contribution in [0.5, 0.6) is 0 Å². The Morgan fingerprint density at radius 1 is 1.35 bits per heavy atom. The van der Waals surface area contributed by atoms with Crippen molar-refractivity contribution in [2.45, 2.75) is 57.9 Å². The third-order valence-electron chi connectivity index (χ3n) is 3.98. The molecule has 2 rings (SSSR count). The summed E-state index contributed by atoms with van der Waals surface area (Å²) < 4.78 is 5.19. The molecule has 1 aliphatic carbocycles. The van der Waals surface area contributed by atoms with Crippen LogP contribution in [0.1, 0.15) is 63.5 Å². The molecule has 2 heteroatoms. The summed E-state index contributed by atoms with van der Waals surface area (Å²) in [5.41, 5.74) is 1.31. The van der Waals surface area contributed by atoms with Gasteiger partial charge in [0.2, 0.25) is 0 Å². The first-order chi connectivity index (χ1) is 8.40. The molecule has 0 aromatic carbocycles. The minimum absolute atomic E-state index is 0.487. The zero-order valence-corrected chi connectivity index (χ0v) is 11.0. The van der Waals surface area contributed by atoms with Crippen LogP contribution in [0.25, 0.3) is 0 Å². The Hall–Kier alpha value is -0.760. The van der Waals surface area contributed by atoms with Gasteiger partial charge in [0.05, 0.1) is 12.5 Å². The van der Waals surface area contributed by atoms with Crippen molar-refractivity contribution in [3.05, 3.63) is 24.2 Å². The Balaban J connectivity index is 1.81. The van der Waals surface area contributed by atoms with Gasteiger partial charge in [0, 0.05) is 11.6 Å². The molecule has 0 radical (unpaired) electrons. The second-order valence-electron chi connectivity index (χ2n) is 5.25. The van der Waals surface area contributed by atoms with Crippen molar-refractivity contribution < 1.29 is 4.42 Å². The van der Waals surface area contributed by atoms with Gasteiger partial charge in [-0.15, -0.1) is 0 Å². The van der Waals surface area contributed by atoms with Crippen molar-refractivity contribution in [2.75, 3.05) is 6.54 Å². The van der Waals surface area contributed by atoms with E-state index in [2.05, 4.69) is 18.3 Å². The Morgan fingerprint density at radius 2 is 2.18 bits per heavy atom. The van der Waals surface area contributed by atoms with Gasteiger partial charge in [0.1, 0.15) is 0 Å². The highest BCUT2D eigenvalue weighted by Crippen LogP contribution is 2.30. The van der Waals surface area contributed by atoms with Crippen molar-refractivity contribution in [3.8, 4) is 0 Å². The van der Waals surface area contributed by atoms with Crippen LogP contribution in [-0.2, 0) is 0 Å². The number of furan rings is 1. The lowest BCUT2D eigenvalue weighted by Crippen LogP contribution is -2.21. The first-order valence-electron chi connectivity index (χ1n) is 7.15. The van der Waals surface area contributed by atoms with Crippen LogP contribution in [0, 0.1) is 5.92 Å². The minimum atomic E-state index is 0.487. The van der Waals surface area contributed by atoms with Gasteiger partial charge in [-0.1, -0.05) is 39.0 Å². The smallest absolute Gasteiger partial charge is 0.0950 e. The molecule has 1 atom stereocenters. The minimum Gasteiger partial charge on any atom is -0.472 e. The van der Waals surface area contributed by atoms with Crippen LogP contribution in [0.3, 0.4) is 0 Å². The quantitative estimate of drug-likeness (QED) is 0.795. The van der Waals surface area contributed by atoms with Gasteiger partial charge < -0.3 is 9.73 Å². The van der Waals surface area contributed by atoms with Crippen molar-refractivity contribution in [3.63, 3.8) is 0 Å². The van der Waals surface area contributed by atoms with Crippen LogP contribution in [0.15, 0.2) is 23.0 Å². The lowest BCUT2D eigenvalue weighted by Gasteiger charge is -2.24. The fourth-order valence-corrected chi connectivity index (χ4v) is 2.98. The normalized spacial score (nSPS) is 19.4. The van der Waals surface area contributed by atoms with Gasteiger partial charge in [-0.3, -0.25) is 0 Å². The van der Waals surface area contributed by atoms with E-state index in [-0.39, 0.29) is 0 Å². The zero-order chi connectivity index (χ0) is 11.9. The fourth-order valence-electron chi connectivity index (χ4n) is 2.98. The van der Waals surface area contributed by atoms with E-state index in [1.165, 1.54) is 50.5 Å². The lowest BCUT2D eigenvalue weighted by atomic mass is 9.84. The molecule has 96 valence electrons. The van der Waals surface area contributed by atoms with Crippen molar-refractivity contribution in [1.29, 1.82) is 0 Å². The predicted molar refractivity (Wildman–Crippen MR) is 70.9 cm³/mol. The first-order valence-corrected chi connectivity index (χ1v) is 7.15. The summed E-state index contributed by atoms with van der Waals surface area (Å²) in [6.07, 6.45) is 13.5. The van der Waals surface area contributed by atoms with E-state index in [4.69, 9.17) is 4.42 Å². The molecule has 1 unspecified atom stereocenters. The average molecular weight is 235 g/mol. The van der Waals surface area contributed by atoms with Crippen LogP contribution in [0.4, 0.5) is 0 Å². The second-order valence-corrected chi connectivity index (χ2v) is 5.25. The Morgan fingerprint density at radius 3 is 2.82 bits per heavy atom. The van der Waals surface area contributed by atoms with Crippen LogP contribution in [0.2, 0.25) is 0 Å². The molecule has 0 bridgehead atoms. The van der Waals surface area contributed by atoms with Gasteiger partial charge in [-0.25, -0.2) is 0 Å². The number of hydrogen-bond donors (Lipinski definition) is 1. The van der Waals surface area contributed by atoms with E-state index >= 15 is 0 Å². The molecule has 2 nitrogen and oxygen atoms in total. The molecule has 1 saturated carbocycles. The number of nitrogens with one attached hydrogen (secondary N) is 1. The largest absolute Gasteiger partial charge is 0.472 e. The first kappa shape index (κ1) is 12.7. The summed E-state index contributed by atoms with van der Waals surface area (Å²) >= 11 is 0. The van der Waals surface area contributed by atoms with Gasteiger partial charge in [-0.05, 0) is 31.4 Å². The molecular formula is C15H25NO. The molecule has 0 aliphatic heterocycles. The second kappa shape index (κ2) is 6.85. The van der Waals surface area contributed by atoms with Gasteiger partial charge in [-0.2, -0.15) is 0 Å². The molecule has 17 heavy (non-hydrogen) atoms. The van der Waals surface area contributed by atoms with E-state index in [0.717, 1.165) is 12.5 Å². The summed E-state index contributed by atoms with van der Waals surface area (Å²) in [6.45, 7) is 3.20. The van der Waals surface area contributed by atoms with Crippen LogP contribution in [-0.4, -0.2) is 6.54 Å². The summed E-state index contributed by atoms with van der Waals surface area (Å²) in [5, 5.41) is 3.56. The highest BCUT2D eigenvalue weighted by atomic mass is 16.3. The molecule has 1 heterocycles. The van der Waals surface area contributed by atoms with Gasteiger partial charge in [0.25, 0.3) is 0 Å². The highest BCUT2D eigenvalue weighted by molar-refractivity contribution is 5.11. The maximum Gasteiger partial charge on any atom is 0.0950 e. The van der Waals surface area contributed by atoms with Crippen LogP contribution >= 0.6 is 0 Å².